The van der Waals surface area contributed by atoms with Gasteiger partial charge in [0.05, 0.1) is 0 Å². The van der Waals surface area contributed by atoms with Crippen LogP contribution in [0, 0.1) is 25.2 Å². The van der Waals surface area contributed by atoms with Gasteiger partial charge in [-0.25, -0.2) is 0 Å². The number of hydrogen-bond donors (Lipinski definition) is 2. The zero-order valence-corrected chi connectivity index (χ0v) is 12.4. The summed E-state index contributed by atoms with van der Waals surface area (Å²) in [6, 6.07) is 14.1. The highest BCUT2D eigenvalue weighted by Crippen LogP contribution is 2.21. The first-order valence-electron chi connectivity index (χ1n) is 6.79. The molecule has 0 aliphatic heterocycles. The van der Waals surface area contributed by atoms with E-state index < -0.39 is 5.91 Å². The lowest BCUT2D eigenvalue weighted by Crippen LogP contribution is -2.14. The van der Waals surface area contributed by atoms with Crippen molar-refractivity contribution < 1.29 is 9.90 Å². The monoisotopic (exact) mass is 292 g/mol. The Labute approximate surface area is 129 Å². The molecule has 22 heavy (non-hydrogen) atoms. The third-order valence-corrected chi connectivity index (χ3v) is 3.24. The van der Waals surface area contributed by atoms with E-state index in [1.165, 1.54) is 12.1 Å². The van der Waals surface area contributed by atoms with Crippen molar-refractivity contribution in [2.75, 3.05) is 5.32 Å². The van der Waals surface area contributed by atoms with Crippen molar-refractivity contribution in [3.8, 4) is 11.8 Å². The molecule has 110 valence electrons. The summed E-state index contributed by atoms with van der Waals surface area (Å²) in [5.41, 5.74) is 2.96. The molecular weight excluding hydrogens is 276 g/mol. The van der Waals surface area contributed by atoms with Crippen molar-refractivity contribution in [3.63, 3.8) is 0 Å². The highest BCUT2D eigenvalue weighted by molar-refractivity contribution is 6.10. The van der Waals surface area contributed by atoms with Crippen LogP contribution in [0.25, 0.3) is 6.08 Å². The number of aromatic hydroxyl groups is 1. The second-order valence-electron chi connectivity index (χ2n) is 5.00. The quantitative estimate of drug-likeness (QED) is 0.671. The largest absolute Gasteiger partial charge is 0.507 e. The molecule has 2 rings (SSSR count). The number of nitrogens with zero attached hydrogens (tertiary/aromatic N) is 1. The molecule has 2 aromatic rings. The van der Waals surface area contributed by atoms with E-state index in [1.807, 2.05) is 38.1 Å². The van der Waals surface area contributed by atoms with Crippen molar-refractivity contribution in [2.24, 2.45) is 0 Å². The summed E-state index contributed by atoms with van der Waals surface area (Å²) in [6.07, 6.45) is 1.37. The third-order valence-electron chi connectivity index (χ3n) is 3.24. The Kier molecular flexibility index (Phi) is 4.60. The topological polar surface area (TPSA) is 73.1 Å². The molecule has 0 bridgehead atoms. The average Bonchev–Trinajstić information content (AvgIpc) is 2.50. The second kappa shape index (κ2) is 6.59. The van der Waals surface area contributed by atoms with Crippen LogP contribution >= 0.6 is 0 Å². The van der Waals surface area contributed by atoms with E-state index in [9.17, 15) is 15.2 Å². The third kappa shape index (κ3) is 3.53. The molecule has 0 unspecified atom stereocenters. The van der Waals surface area contributed by atoms with Crippen molar-refractivity contribution >= 4 is 17.7 Å². The highest BCUT2D eigenvalue weighted by Gasteiger charge is 2.11. The van der Waals surface area contributed by atoms with Gasteiger partial charge < -0.3 is 10.4 Å². The summed E-state index contributed by atoms with van der Waals surface area (Å²) in [7, 11) is 0. The number of phenolic OH excluding ortho intramolecular Hbond substituents is 1. The number of anilines is 1. The molecule has 0 aliphatic rings. The summed E-state index contributed by atoms with van der Waals surface area (Å²) in [6.45, 7) is 3.81. The molecule has 2 aromatic carbocycles. The molecule has 0 saturated carbocycles. The summed E-state index contributed by atoms with van der Waals surface area (Å²) in [4.78, 5) is 12.2. The molecule has 0 heterocycles. The van der Waals surface area contributed by atoms with E-state index in [0.717, 1.165) is 11.1 Å². The van der Waals surface area contributed by atoms with Crippen LogP contribution in [0.15, 0.2) is 48.0 Å². The molecule has 2 N–H and O–H groups in total. The van der Waals surface area contributed by atoms with E-state index in [0.29, 0.717) is 11.3 Å². The maximum Gasteiger partial charge on any atom is 0.266 e. The number of carbonyl (C=O) groups is 1. The lowest BCUT2D eigenvalue weighted by atomic mass is 10.1. The number of aryl methyl sites for hydroxylation is 2. The van der Waals surface area contributed by atoms with Gasteiger partial charge in [-0.05, 0) is 43.2 Å². The zero-order chi connectivity index (χ0) is 16.1. The summed E-state index contributed by atoms with van der Waals surface area (Å²) in [5, 5.41) is 21.6. The van der Waals surface area contributed by atoms with Crippen LogP contribution in [0.1, 0.15) is 16.7 Å². The van der Waals surface area contributed by atoms with Gasteiger partial charge in [-0.2, -0.15) is 5.26 Å². The lowest BCUT2D eigenvalue weighted by molar-refractivity contribution is -0.112. The van der Waals surface area contributed by atoms with E-state index >= 15 is 0 Å². The number of hydrogen-bond acceptors (Lipinski definition) is 3. The maximum absolute atomic E-state index is 12.2. The molecule has 1 amide bonds. The average molecular weight is 292 g/mol. The summed E-state index contributed by atoms with van der Waals surface area (Å²) >= 11 is 0. The predicted octanol–water partition coefficient (Wildman–Crippen LogP) is 3.55. The van der Waals surface area contributed by atoms with Gasteiger partial charge in [-0.15, -0.1) is 0 Å². The smallest absolute Gasteiger partial charge is 0.266 e. The Morgan fingerprint density at radius 1 is 1.23 bits per heavy atom. The van der Waals surface area contributed by atoms with Gasteiger partial charge in [0.15, 0.2) is 0 Å². The van der Waals surface area contributed by atoms with Crippen molar-refractivity contribution in [2.45, 2.75) is 13.8 Å². The number of nitrogens with one attached hydrogen (secondary N) is 1. The minimum atomic E-state index is -0.501. The van der Waals surface area contributed by atoms with Gasteiger partial charge in [0.25, 0.3) is 5.91 Å². The Bertz CT molecular complexity index is 786. The lowest BCUT2D eigenvalue weighted by Gasteiger charge is -2.09. The second-order valence-corrected chi connectivity index (χ2v) is 5.00. The van der Waals surface area contributed by atoms with Crippen molar-refractivity contribution in [3.05, 3.63) is 64.7 Å². The molecule has 0 spiro atoms. The van der Waals surface area contributed by atoms with Gasteiger partial charge in [0, 0.05) is 11.3 Å². The van der Waals surface area contributed by atoms with Crippen LogP contribution in [0.2, 0.25) is 0 Å². The molecule has 0 fully saturated rings. The van der Waals surface area contributed by atoms with E-state index in [-0.39, 0.29) is 11.3 Å². The zero-order valence-electron chi connectivity index (χ0n) is 12.4. The summed E-state index contributed by atoms with van der Waals surface area (Å²) in [5.74, 6) is -0.478. The first-order chi connectivity index (χ1) is 10.5. The fourth-order valence-corrected chi connectivity index (χ4v) is 1.97. The van der Waals surface area contributed by atoms with Gasteiger partial charge in [0.1, 0.15) is 17.4 Å². The Morgan fingerprint density at radius 2 is 1.95 bits per heavy atom. The Morgan fingerprint density at radius 3 is 2.64 bits per heavy atom. The standard InChI is InChI=1S/C18H16N2O2/c1-12-7-8-13(2)16(9-12)20-18(22)15(11-19)10-14-5-3-4-6-17(14)21/h3-10,21H,1-2H3,(H,20,22)/b15-10+. The van der Waals surface area contributed by atoms with Gasteiger partial charge in [-0.1, -0.05) is 30.3 Å². The molecular formula is C18H16N2O2. The minimum Gasteiger partial charge on any atom is -0.507 e. The molecule has 0 atom stereocenters. The number of benzene rings is 2. The molecule has 0 aromatic heterocycles. The van der Waals surface area contributed by atoms with Crippen LogP contribution in [0.3, 0.4) is 0 Å². The fourth-order valence-electron chi connectivity index (χ4n) is 1.97. The SMILES string of the molecule is Cc1ccc(C)c(NC(=O)/C(C#N)=C/c2ccccc2O)c1. The highest BCUT2D eigenvalue weighted by atomic mass is 16.3. The molecule has 4 heteroatoms. The normalized spacial score (nSPS) is 10.9. The van der Waals surface area contributed by atoms with E-state index in [1.54, 1.807) is 18.2 Å². The number of para-hydroxylation sites is 1. The molecule has 0 radical (unpaired) electrons. The Hall–Kier alpha value is -3.06. The van der Waals surface area contributed by atoms with E-state index in [2.05, 4.69) is 5.32 Å². The van der Waals surface area contributed by atoms with Crippen LogP contribution in [-0.4, -0.2) is 11.0 Å². The van der Waals surface area contributed by atoms with Gasteiger partial charge in [0.2, 0.25) is 0 Å². The van der Waals surface area contributed by atoms with Gasteiger partial charge >= 0.3 is 0 Å². The van der Waals surface area contributed by atoms with Crippen LogP contribution in [-0.2, 0) is 4.79 Å². The number of phenols is 1. The van der Waals surface area contributed by atoms with Crippen LogP contribution in [0.5, 0.6) is 5.75 Å². The van der Waals surface area contributed by atoms with Crippen LogP contribution in [0.4, 0.5) is 5.69 Å². The number of nitriles is 1. The first kappa shape index (κ1) is 15.3. The predicted molar refractivity (Wildman–Crippen MR) is 86.2 cm³/mol. The van der Waals surface area contributed by atoms with E-state index in [4.69, 9.17) is 0 Å². The number of rotatable bonds is 3. The molecule has 4 nitrogen and oxygen atoms in total. The fraction of sp³-hybridized carbons (Fsp3) is 0.111. The maximum atomic E-state index is 12.2. The molecule has 0 saturated heterocycles. The minimum absolute atomic E-state index is 0.0230. The summed E-state index contributed by atoms with van der Waals surface area (Å²) < 4.78 is 0. The Balaban J connectivity index is 2.29. The first-order valence-corrected chi connectivity index (χ1v) is 6.79. The van der Waals surface area contributed by atoms with Crippen LogP contribution < -0.4 is 5.32 Å². The number of amides is 1. The van der Waals surface area contributed by atoms with Crippen molar-refractivity contribution in [1.82, 2.24) is 0 Å². The number of carbonyl (C=O) groups excluding carboxylic acids is 1. The molecule has 0 aliphatic carbocycles. The van der Waals surface area contributed by atoms with Gasteiger partial charge in [-0.3, -0.25) is 4.79 Å². The van der Waals surface area contributed by atoms with Crippen molar-refractivity contribution in [1.29, 1.82) is 5.26 Å².